The third-order valence-corrected chi connectivity index (χ3v) is 4.37. The maximum absolute atomic E-state index is 11.6. The molecule has 0 aliphatic carbocycles. The largest absolute Gasteiger partial charge is 0.224 e. The summed E-state index contributed by atoms with van der Waals surface area (Å²) in [6, 6.07) is 0. The predicted molar refractivity (Wildman–Crippen MR) is 53.9 cm³/mol. The molecule has 1 rings (SSSR count). The molecule has 74 valence electrons. The minimum absolute atomic E-state index is 0.144. The van der Waals surface area contributed by atoms with Gasteiger partial charge in [-0.25, -0.2) is 8.42 Å². The van der Waals surface area contributed by atoms with Gasteiger partial charge < -0.3 is 0 Å². The summed E-state index contributed by atoms with van der Waals surface area (Å²) < 4.78 is 27.2. The lowest BCUT2D eigenvalue weighted by Crippen LogP contribution is -2.06. The van der Waals surface area contributed by atoms with E-state index in [0.717, 1.165) is 0 Å². The number of sulfone groups is 1. The van der Waals surface area contributed by atoms with Gasteiger partial charge in [0, 0.05) is 5.38 Å². The first-order valence-electron chi connectivity index (χ1n) is 4.16. The van der Waals surface area contributed by atoms with Crippen LogP contribution in [0.2, 0.25) is 0 Å². The molecule has 0 saturated carbocycles. The van der Waals surface area contributed by atoms with E-state index in [0.29, 0.717) is 10.6 Å². The van der Waals surface area contributed by atoms with Crippen molar-refractivity contribution in [1.82, 2.24) is 4.37 Å². The number of hydrogen-bond donors (Lipinski definition) is 0. The molecule has 3 nitrogen and oxygen atoms in total. The van der Waals surface area contributed by atoms with E-state index >= 15 is 0 Å². The Bertz CT molecular complexity index is 379. The molecular weight excluding hydrogens is 206 g/mol. The second-order valence-corrected chi connectivity index (χ2v) is 6.00. The van der Waals surface area contributed by atoms with Gasteiger partial charge in [-0.3, -0.25) is 0 Å². The van der Waals surface area contributed by atoms with Crippen molar-refractivity contribution in [2.75, 3.05) is 5.75 Å². The maximum atomic E-state index is 11.6. The fraction of sp³-hybridized carbons (Fsp3) is 0.625. The summed E-state index contributed by atoms with van der Waals surface area (Å²) in [4.78, 5) is 0.412. The predicted octanol–water partition coefficient (Wildman–Crippen LogP) is 2.06. The molecule has 0 fully saturated rings. The smallest absolute Gasteiger partial charge is 0.180 e. The average molecular weight is 219 g/mol. The molecule has 0 radical (unpaired) electrons. The van der Waals surface area contributed by atoms with Crippen molar-refractivity contribution in [2.24, 2.45) is 0 Å². The quantitative estimate of drug-likeness (QED) is 0.781. The third kappa shape index (κ3) is 2.08. The number of rotatable bonds is 3. The van der Waals surface area contributed by atoms with Gasteiger partial charge in [0.25, 0.3) is 0 Å². The zero-order chi connectivity index (χ0) is 10.1. The summed E-state index contributed by atoms with van der Waals surface area (Å²) in [5.41, 5.74) is 0.701. The van der Waals surface area contributed by atoms with E-state index in [1.165, 1.54) is 11.5 Å². The molecule has 0 N–H and O–H groups in total. The average Bonchev–Trinajstić information content (AvgIpc) is 2.52. The van der Waals surface area contributed by atoms with Crippen molar-refractivity contribution >= 4 is 21.4 Å². The first kappa shape index (κ1) is 10.7. The van der Waals surface area contributed by atoms with Crippen molar-refractivity contribution in [2.45, 2.75) is 31.6 Å². The monoisotopic (exact) mass is 219 g/mol. The second-order valence-electron chi connectivity index (χ2n) is 3.12. The van der Waals surface area contributed by atoms with Crippen LogP contribution in [-0.4, -0.2) is 18.5 Å². The molecule has 5 heteroatoms. The van der Waals surface area contributed by atoms with Gasteiger partial charge in [0.1, 0.15) is 4.90 Å². The minimum Gasteiger partial charge on any atom is -0.224 e. The zero-order valence-electron chi connectivity index (χ0n) is 7.94. The van der Waals surface area contributed by atoms with Crippen LogP contribution in [0.5, 0.6) is 0 Å². The van der Waals surface area contributed by atoms with Crippen LogP contribution in [-0.2, 0) is 9.84 Å². The highest BCUT2D eigenvalue weighted by Gasteiger charge is 2.20. The molecule has 0 aliphatic heterocycles. The molecule has 0 bridgehead atoms. The molecule has 1 heterocycles. The van der Waals surface area contributed by atoms with Crippen LogP contribution in [0.15, 0.2) is 10.3 Å². The highest BCUT2D eigenvalue weighted by Crippen LogP contribution is 2.24. The lowest BCUT2D eigenvalue weighted by molar-refractivity contribution is 0.595. The van der Waals surface area contributed by atoms with Gasteiger partial charge in [0.15, 0.2) is 9.84 Å². The standard InChI is InChI=1S/C8H13NO2S2/c1-4-13(10,11)7-5-12-9-8(7)6(2)3/h5-6H,4H2,1-3H3. The molecule has 0 aliphatic rings. The Balaban J connectivity index is 3.23. The molecule has 1 aromatic rings. The van der Waals surface area contributed by atoms with Gasteiger partial charge >= 0.3 is 0 Å². The maximum Gasteiger partial charge on any atom is 0.180 e. The molecular formula is C8H13NO2S2. The van der Waals surface area contributed by atoms with E-state index in [-0.39, 0.29) is 11.7 Å². The summed E-state index contributed by atoms with van der Waals surface area (Å²) >= 11 is 1.21. The fourth-order valence-corrected chi connectivity index (χ4v) is 3.39. The molecule has 1 aromatic heterocycles. The Morgan fingerprint density at radius 1 is 1.54 bits per heavy atom. The van der Waals surface area contributed by atoms with Gasteiger partial charge in [0.05, 0.1) is 11.4 Å². The van der Waals surface area contributed by atoms with Gasteiger partial charge in [-0.1, -0.05) is 20.8 Å². The molecule has 0 aromatic carbocycles. The van der Waals surface area contributed by atoms with Gasteiger partial charge in [-0.05, 0) is 17.5 Å². The van der Waals surface area contributed by atoms with Crippen LogP contribution in [0, 0.1) is 0 Å². The molecule has 0 amide bonds. The molecule has 13 heavy (non-hydrogen) atoms. The highest BCUT2D eigenvalue weighted by atomic mass is 32.2. The Labute approximate surface area is 82.9 Å². The SMILES string of the molecule is CCS(=O)(=O)c1csnc1C(C)C. The van der Waals surface area contributed by atoms with Crippen molar-refractivity contribution in [3.8, 4) is 0 Å². The minimum atomic E-state index is -3.08. The van der Waals surface area contributed by atoms with Crippen LogP contribution in [0.1, 0.15) is 32.4 Å². The van der Waals surface area contributed by atoms with Gasteiger partial charge in [-0.2, -0.15) is 4.37 Å². The van der Waals surface area contributed by atoms with Crippen LogP contribution < -0.4 is 0 Å². The highest BCUT2D eigenvalue weighted by molar-refractivity contribution is 7.91. The van der Waals surface area contributed by atoms with Crippen LogP contribution in [0.4, 0.5) is 0 Å². The fourth-order valence-electron chi connectivity index (χ4n) is 1.01. The second kappa shape index (κ2) is 3.75. The van der Waals surface area contributed by atoms with Crippen LogP contribution >= 0.6 is 11.5 Å². The van der Waals surface area contributed by atoms with E-state index in [4.69, 9.17) is 0 Å². The van der Waals surface area contributed by atoms with E-state index < -0.39 is 9.84 Å². The van der Waals surface area contributed by atoms with E-state index in [1.807, 2.05) is 13.8 Å². The Morgan fingerprint density at radius 2 is 2.15 bits per heavy atom. The Morgan fingerprint density at radius 3 is 2.62 bits per heavy atom. The van der Waals surface area contributed by atoms with Crippen molar-refractivity contribution in [3.05, 3.63) is 11.1 Å². The van der Waals surface area contributed by atoms with E-state index in [2.05, 4.69) is 4.37 Å². The lowest BCUT2D eigenvalue weighted by atomic mass is 10.1. The lowest BCUT2D eigenvalue weighted by Gasteiger charge is -2.04. The topological polar surface area (TPSA) is 47.0 Å². The number of nitrogens with zero attached hydrogens (tertiary/aromatic N) is 1. The summed E-state index contributed by atoms with van der Waals surface area (Å²) in [7, 11) is -3.08. The molecule has 0 atom stereocenters. The summed E-state index contributed by atoms with van der Waals surface area (Å²) in [6.07, 6.45) is 0. The van der Waals surface area contributed by atoms with Crippen LogP contribution in [0.3, 0.4) is 0 Å². The Kier molecular flexibility index (Phi) is 3.08. The summed E-state index contributed by atoms with van der Waals surface area (Å²) in [5.74, 6) is 0.313. The first-order chi connectivity index (χ1) is 5.99. The Hall–Kier alpha value is -0.420. The molecule has 0 unspecified atom stereocenters. The van der Waals surface area contributed by atoms with Crippen LogP contribution in [0.25, 0.3) is 0 Å². The molecule has 0 saturated heterocycles. The first-order valence-corrected chi connectivity index (χ1v) is 6.65. The zero-order valence-corrected chi connectivity index (χ0v) is 9.58. The van der Waals surface area contributed by atoms with Crippen molar-refractivity contribution < 1.29 is 8.42 Å². The van der Waals surface area contributed by atoms with Gasteiger partial charge in [-0.15, -0.1) is 0 Å². The van der Waals surface area contributed by atoms with Crippen molar-refractivity contribution in [1.29, 1.82) is 0 Å². The van der Waals surface area contributed by atoms with Gasteiger partial charge in [0.2, 0.25) is 0 Å². The number of aromatic nitrogens is 1. The molecule has 0 spiro atoms. The van der Waals surface area contributed by atoms with E-state index in [1.54, 1.807) is 12.3 Å². The normalized spacial score (nSPS) is 12.3. The number of hydrogen-bond acceptors (Lipinski definition) is 4. The summed E-state index contributed by atoms with van der Waals surface area (Å²) in [6.45, 7) is 5.55. The third-order valence-electron chi connectivity index (χ3n) is 1.83. The van der Waals surface area contributed by atoms with Crippen molar-refractivity contribution in [3.63, 3.8) is 0 Å². The summed E-state index contributed by atoms with van der Waals surface area (Å²) in [5, 5.41) is 1.62. The van der Waals surface area contributed by atoms with E-state index in [9.17, 15) is 8.42 Å².